The van der Waals surface area contributed by atoms with Gasteiger partial charge in [0.25, 0.3) is 0 Å². The van der Waals surface area contributed by atoms with Gasteiger partial charge in [-0.15, -0.1) is 0 Å². The van der Waals surface area contributed by atoms with Gasteiger partial charge in [-0.2, -0.15) is 0 Å². The number of hydrogen-bond donors (Lipinski definition) is 0. The molecule has 0 bridgehead atoms. The van der Waals surface area contributed by atoms with Crippen molar-refractivity contribution >= 4 is 87.8 Å². The zero-order valence-electron chi connectivity index (χ0n) is 80.0. The van der Waals surface area contributed by atoms with E-state index in [2.05, 4.69) is 328 Å². The number of nitrogens with zero attached hydrogens (tertiary/aromatic N) is 8. The maximum Gasteiger partial charge on any atom is 0.160 e. The lowest BCUT2D eigenvalue weighted by atomic mass is 9.93. The minimum atomic E-state index is 0.703. The second-order valence-electron chi connectivity index (χ2n) is 36.1. The summed E-state index contributed by atoms with van der Waals surface area (Å²) in [5, 5.41) is 8.95. The zero-order valence-corrected chi connectivity index (χ0v) is 80.0. The average Bonchev–Trinajstić information content (AvgIpc) is 1.57. The van der Waals surface area contributed by atoms with Crippen molar-refractivity contribution in [3.8, 4) is 180 Å². The van der Waals surface area contributed by atoms with Crippen LogP contribution in [0, 0.1) is 0 Å². The molecule has 0 fully saturated rings. The molecule has 0 aliphatic carbocycles. The molecule has 0 unspecified atom stereocenters. The highest BCUT2D eigenvalue weighted by atomic mass is 16.3. The quantitative estimate of drug-likeness (QED) is 0.0904. The fourth-order valence-electron chi connectivity index (χ4n) is 19.8. The minimum Gasteiger partial charge on any atom is -0.456 e. The lowest BCUT2D eigenvalue weighted by molar-refractivity contribution is 0.668. The van der Waals surface area contributed by atoms with Crippen LogP contribution in [0.15, 0.2) is 552 Å². The fourth-order valence-corrected chi connectivity index (χ4v) is 19.8. The van der Waals surface area contributed by atoms with E-state index in [9.17, 15) is 0 Å². The van der Waals surface area contributed by atoms with E-state index in [1.807, 2.05) is 206 Å². The number of furan rings is 4. The van der Waals surface area contributed by atoms with Crippen LogP contribution in [0.25, 0.3) is 268 Å². The Hall–Kier alpha value is -20.1. The molecule has 0 amide bonds. The summed E-state index contributed by atoms with van der Waals surface area (Å²) in [7, 11) is 0. The van der Waals surface area contributed by atoms with Crippen molar-refractivity contribution in [1.82, 2.24) is 39.9 Å². The Balaban J connectivity index is 0.000000103. The monoisotopic (exact) mass is 1900 g/mol. The Morgan fingerprint density at radius 1 is 0.115 bits per heavy atom. The van der Waals surface area contributed by atoms with Crippen molar-refractivity contribution in [3.63, 3.8) is 0 Å². The van der Waals surface area contributed by atoms with Gasteiger partial charge in [-0.1, -0.05) is 455 Å². The summed E-state index contributed by atoms with van der Waals surface area (Å²) in [5.74, 6) is 2.83. The Morgan fingerprint density at radius 2 is 0.358 bits per heavy atom. The molecule has 0 radical (unpaired) electrons. The van der Waals surface area contributed by atoms with Crippen LogP contribution in [0.3, 0.4) is 0 Å². The summed E-state index contributed by atoms with van der Waals surface area (Å²) in [4.78, 5) is 40.1. The van der Waals surface area contributed by atoms with Gasteiger partial charge in [-0.05, 0) is 118 Å². The van der Waals surface area contributed by atoms with Gasteiger partial charge in [-0.25, -0.2) is 39.9 Å². The van der Waals surface area contributed by atoms with E-state index < -0.39 is 0 Å². The standard InChI is InChI=1S/4C34H22N2O/c1-3-12-23(13-4-1)30-22-31(36-34(35-30)24-14-5-2-6-15-24)26-17-8-7-16-25(26)28-19-11-20-29-27-18-9-10-21-32(27)37-33(28)29;1-3-12-23(13-4-1)29-22-30(36-34(35-29)24-14-5-2-6-15-24)26-17-8-7-16-25(26)27-19-11-21-32-33(27)28-18-9-10-20-31(28)37-32;1-3-11-23(12-4-1)30-22-31(36-34(35-30)24-13-5-2-6-14-24)27-16-8-7-15-26(27)25-19-20-33-29(21-25)28-17-9-10-18-32(28)37-33;1-3-11-23(12-4-1)30-22-31(36-34(35-30)24-13-5-2-6-14-24)27-16-8-7-15-26(27)25-19-20-29-28-17-9-10-18-32(28)37-33(29)21-25/h4*1-22H. The highest BCUT2D eigenvalue weighted by Gasteiger charge is 2.25. The number of hydrogen-bond acceptors (Lipinski definition) is 12. The molecule has 12 heteroatoms. The second kappa shape index (κ2) is 40.1. The Labute approximate surface area is 853 Å². The molecule has 28 aromatic rings. The maximum absolute atomic E-state index is 6.38. The third-order valence-corrected chi connectivity index (χ3v) is 26.9. The molecular formula is C136H88N8O4. The predicted octanol–water partition coefficient (Wildman–Crippen LogP) is 36.2. The topological polar surface area (TPSA) is 156 Å². The average molecular weight is 1900 g/mol. The first-order chi connectivity index (χ1) is 73.4. The molecule has 0 spiro atoms. The molecule has 0 atom stereocenters. The van der Waals surface area contributed by atoms with Gasteiger partial charge in [0.2, 0.25) is 0 Å². The SMILES string of the molecule is c1ccc(-c2cc(-c3ccccc3-c3ccc4c(c3)oc3ccccc34)nc(-c3ccccc3)n2)cc1.c1ccc(-c2cc(-c3ccccc3-c3ccc4oc5ccccc5c4c3)nc(-c3ccccc3)n2)cc1.c1ccc(-c2cc(-c3ccccc3-c3cccc4c3oc3ccccc34)nc(-c3ccccc3)n2)cc1.c1ccc(-c2cc(-c3ccccc3-c3cccc4oc5ccccc5c34)nc(-c3ccccc3)n2)cc1. The van der Waals surface area contributed by atoms with Gasteiger partial charge >= 0.3 is 0 Å². The molecule has 20 aromatic carbocycles. The van der Waals surface area contributed by atoms with Gasteiger partial charge < -0.3 is 17.7 Å². The number of aromatic nitrogens is 8. The molecule has 8 aromatic heterocycles. The number of benzene rings is 20. The Bertz CT molecular complexity index is 9470. The minimum absolute atomic E-state index is 0.703. The van der Waals surface area contributed by atoms with Crippen molar-refractivity contribution in [1.29, 1.82) is 0 Å². The van der Waals surface area contributed by atoms with Crippen molar-refractivity contribution in [2.45, 2.75) is 0 Å². The van der Waals surface area contributed by atoms with Crippen molar-refractivity contribution < 1.29 is 17.7 Å². The lowest BCUT2D eigenvalue weighted by Crippen LogP contribution is -1.97. The van der Waals surface area contributed by atoms with Crippen LogP contribution in [0.1, 0.15) is 0 Å². The molecule has 0 saturated carbocycles. The fraction of sp³-hybridized carbons (Fsp3) is 0. The lowest BCUT2D eigenvalue weighted by Gasteiger charge is -2.13. The third kappa shape index (κ3) is 18.1. The molecule has 12 nitrogen and oxygen atoms in total. The van der Waals surface area contributed by atoms with Gasteiger partial charge in [0.1, 0.15) is 44.7 Å². The van der Waals surface area contributed by atoms with Gasteiger partial charge in [0, 0.05) is 115 Å². The Morgan fingerprint density at radius 3 is 0.770 bits per heavy atom. The van der Waals surface area contributed by atoms with Crippen molar-refractivity contribution in [2.24, 2.45) is 0 Å². The van der Waals surface area contributed by atoms with Crippen LogP contribution in [0.2, 0.25) is 0 Å². The molecule has 0 aliphatic heterocycles. The largest absolute Gasteiger partial charge is 0.456 e. The van der Waals surface area contributed by atoms with E-state index in [1.165, 1.54) is 0 Å². The van der Waals surface area contributed by atoms with E-state index in [0.717, 1.165) is 245 Å². The molecule has 696 valence electrons. The smallest absolute Gasteiger partial charge is 0.160 e. The number of rotatable bonds is 16. The molecule has 8 heterocycles. The van der Waals surface area contributed by atoms with E-state index in [-0.39, 0.29) is 0 Å². The van der Waals surface area contributed by atoms with Crippen LogP contribution in [0.4, 0.5) is 0 Å². The van der Waals surface area contributed by atoms with Gasteiger partial charge in [0.15, 0.2) is 23.3 Å². The summed E-state index contributed by atoms with van der Waals surface area (Å²) in [6, 6.07) is 182. The first-order valence-corrected chi connectivity index (χ1v) is 49.4. The second-order valence-corrected chi connectivity index (χ2v) is 36.1. The maximum atomic E-state index is 6.38. The summed E-state index contributed by atoms with van der Waals surface area (Å²) in [6.45, 7) is 0. The molecule has 28 rings (SSSR count). The highest BCUT2D eigenvalue weighted by Crippen LogP contribution is 2.47. The van der Waals surface area contributed by atoms with Gasteiger partial charge in [-0.3, -0.25) is 0 Å². The molecule has 0 aliphatic rings. The summed E-state index contributed by atoms with van der Waals surface area (Å²) in [6.07, 6.45) is 0. The first-order valence-electron chi connectivity index (χ1n) is 49.4. The predicted molar refractivity (Wildman–Crippen MR) is 604 cm³/mol. The first kappa shape index (κ1) is 89.3. The van der Waals surface area contributed by atoms with Crippen LogP contribution in [-0.4, -0.2) is 39.9 Å². The molecule has 0 N–H and O–H groups in total. The van der Waals surface area contributed by atoms with Crippen LogP contribution < -0.4 is 0 Å². The molecule has 0 saturated heterocycles. The third-order valence-electron chi connectivity index (χ3n) is 26.9. The van der Waals surface area contributed by atoms with E-state index in [4.69, 9.17) is 57.5 Å². The Kier molecular flexibility index (Phi) is 24.2. The van der Waals surface area contributed by atoms with E-state index >= 15 is 0 Å². The molecular weight excluding hydrogens is 1810 g/mol. The van der Waals surface area contributed by atoms with Crippen LogP contribution in [-0.2, 0) is 0 Å². The summed E-state index contributed by atoms with van der Waals surface area (Å²) < 4.78 is 24.8. The highest BCUT2D eigenvalue weighted by molar-refractivity contribution is 6.15. The van der Waals surface area contributed by atoms with E-state index in [1.54, 1.807) is 0 Å². The number of fused-ring (bicyclic) bond motifs is 12. The normalized spacial score (nSPS) is 11.2. The number of para-hydroxylation sites is 5. The molecule has 148 heavy (non-hydrogen) atoms. The summed E-state index contributed by atoms with van der Waals surface area (Å²) in [5.41, 5.74) is 35.4. The zero-order chi connectivity index (χ0) is 98.4. The van der Waals surface area contributed by atoms with E-state index in [0.29, 0.717) is 23.3 Å². The van der Waals surface area contributed by atoms with Crippen molar-refractivity contribution in [3.05, 3.63) is 534 Å². The van der Waals surface area contributed by atoms with Crippen LogP contribution in [0.5, 0.6) is 0 Å². The van der Waals surface area contributed by atoms with Gasteiger partial charge in [0.05, 0.1) is 45.6 Å². The summed E-state index contributed by atoms with van der Waals surface area (Å²) >= 11 is 0. The van der Waals surface area contributed by atoms with Crippen molar-refractivity contribution in [2.75, 3.05) is 0 Å². The van der Waals surface area contributed by atoms with Crippen LogP contribution >= 0.6 is 0 Å².